The summed E-state index contributed by atoms with van der Waals surface area (Å²) in [6.07, 6.45) is 3.70. The molecule has 2 aromatic rings. The summed E-state index contributed by atoms with van der Waals surface area (Å²) < 4.78 is 2.33. The Labute approximate surface area is 124 Å². The fraction of sp³-hybridized carbons (Fsp3) is 0.500. The summed E-state index contributed by atoms with van der Waals surface area (Å²) in [7, 11) is 0. The standard InChI is InChI=1S/C16H21N3S/c1-3-9-19-15(14-7-8-14)17-18-16(19)20-11-13-6-4-5-12(2)10-13/h4-6,10,14H,3,7-9,11H2,1-2H3. The molecule has 0 radical (unpaired) electrons. The molecular formula is C16H21N3S. The molecule has 4 heteroatoms. The molecule has 1 aliphatic carbocycles. The van der Waals surface area contributed by atoms with Gasteiger partial charge in [0.1, 0.15) is 5.82 Å². The summed E-state index contributed by atoms with van der Waals surface area (Å²) in [5, 5.41) is 9.91. The predicted molar refractivity (Wildman–Crippen MR) is 83.0 cm³/mol. The van der Waals surface area contributed by atoms with Crippen molar-refractivity contribution >= 4 is 11.8 Å². The van der Waals surface area contributed by atoms with E-state index in [1.54, 1.807) is 11.8 Å². The summed E-state index contributed by atoms with van der Waals surface area (Å²) in [5.74, 6) is 2.84. The molecule has 0 aliphatic heterocycles. The van der Waals surface area contributed by atoms with Crippen LogP contribution in [-0.2, 0) is 12.3 Å². The summed E-state index contributed by atoms with van der Waals surface area (Å²) in [6, 6.07) is 8.69. The van der Waals surface area contributed by atoms with Crippen LogP contribution in [0.3, 0.4) is 0 Å². The predicted octanol–water partition coefficient (Wildman–Crippen LogP) is 4.17. The molecule has 3 rings (SSSR count). The zero-order valence-corrected chi connectivity index (χ0v) is 13.0. The maximum Gasteiger partial charge on any atom is 0.191 e. The van der Waals surface area contributed by atoms with Crippen LogP contribution in [0.25, 0.3) is 0 Å². The van der Waals surface area contributed by atoms with Crippen molar-refractivity contribution in [3.05, 3.63) is 41.2 Å². The molecule has 1 heterocycles. The third kappa shape index (κ3) is 3.06. The van der Waals surface area contributed by atoms with E-state index in [2.05, 4.69) is 52.9 Å². The lowest BCUT2D eigenvalue weighted by Gasteiger charge is -2.08. The second kappa shape index (κ2) is 6.00. The van der Waals surface area contributed by atoms with Crippen LogP contribution in [0.1, 0.15) is 49.1 Å². The third-order valence-electron chi connectivity index (χ3n) is 3.59. The molecule has 3 nitrogen and oxygen atoms in total. The van der Waals surface area contributed by atoms with E-state index in [0.29, 0.717) is 5.92 Å². The zero-order chi connectivity index (χ0) is 13.9. The zero-order valence-electron chi connectivity index (χ0n) is 12.2. The molecule has 1 aromatic heterocycles. The van der Waals surface area contributed by atoms with Crippen LogP contribution in [0.2, 0.25) is 0 Å². The lowest BCUT2D eigenvalue weighted by Crippen LogP contribution is -2.03. The van der Waals surface area contributed by atoms with Crippen molar-refractivity contribution in [1.29, 1.82) is 0 Å². The molecule has 1 saturated carbocycles. The fourth-order valence-electron chi connectivity index (χ4n) is 2.43. The first-order chi connectivity index (χ1) is 9.78. The molecule has 0 amide bonds. The highest BCUT2D eigenvalue weighted by Crippen LogP contribution is 2.40. The van der Waals surface area contributed by atoms with E-state index in [4.69, 9.17) is 0 Å². The topological polar surface area (TPSA) is 30.7 Å². The summed E-state index contributed by atoms with van der Waals surface area (Å²) in [6.45, 7) is 5.39. The molecule has 0 saturated heterocycles. The maximum atomic E-state index is 4.42. The quantitative estimate of drug-likeness (QED) is 0.747. The molecular weight excluding hydrogens is 266 g/mol. The monoisotopic (exact) mass is 287 g/mol. The van der Waals surface area contributed by atoms with Gasteiger partial charge < -0.3 is 4.57 Å². The van der Waals surface area contributed by atoms with Gasteiger partial charge in [0.15, 0.2) is 5.16 Å². The molecule has 106 valence electrons. The molecule has 20 heavy (non-hydrogen) atoms. The fourth-order valence-corrected chi connectivity index (χ4v) is 3.35. The average molecular weight is 287 g/mol. The van der Waals surface area contributed by atoms with E-state index >= 15 is 0 Å². The Balaban J connectivity index is 1.73. The summed E-state index contributed by atoms with van der Waals surface area (Å²) in [4.78, 5) is 0. The Kier molecular flexibility index (Phi) is 4.10. The molecule has 0 bridgehead atoms. The molecule has 1 aromatic carbocycles. The van der Waals surface area contributed by atoms with Gasteiger partial charge >= 0.3 is 0 Å². The van der Waals surface area contributed by atoms with Gasteiger partial charge in [-0.25, -0.2) is 0 Å². The normalized spacial score (nSPS) is 14.7. The minimum atomic E-state index is 0.669. The minimum absolute atomic E-state index is 0.669. The first kappa shape index (κ1) is 13.7. The van der Waals surface area contributed by atoms with Crippen LogP contribution in [0.15, 0.2) is 29.4 Å². The second-order valence-corrected chi connectivity index (χ2v) is 6.49. The summed E-state index contributed by atoms with van der Waals surface area (Å²) in [5.41, 5.74) is 2.67. The number of thioether (sulfide) groups is 1. The van der Waals surface area contributed by atoms with Gasteiger partial charge in [-0.15, -0.1) is 10.2 Å². The lowest BCUT2D eigenvalue weighted by atomic mass is 10.2. The largest absolute Gasteiger partial charge is 0.306 e. The van der Waals surface area contributed by atoms with Crippen molar-refractivity contribution < 1.29 is 0 Å². The number of nitrogens with zero attached hydrogens (tertiary/aromatic N) is 3. The lowest BCUT2D eigenvalue weighted by molar-refractivity contribution is 0.592. The van der Waals surface area contributed by atoms with Crippen LogP contribution < -0.4 is 0 Å². The van der Waals surface area contributed by atoms with Crippen LogP contribution in [0, 0.1) is 6.92 Å². The van der Waals surface area contributed by atoms with Gasteiger partial charge in [0.05, 0.1) is 0 Å². The molecule has 1 aliphatic rings. The van der Waals surface area contributed by atoms with Crippen LogP contribution in [0.5, 0.6) is 0 Å². The molecule has 1 fully saturated rings. The van der Waals surface area contributed by atoms with E-state index in [1.165, 1.54) is 29.8 Å². The molecule has 0 N–H and O–H groups in total. The van der Waals surface area contributed by atoms with Gasteiger partial charge in [-0.05, 0) is 31.7 Å². The average Bonchev–Trinajstić information content (AvgIpc) is 3.20. The van der Waals surface area contributed by atoms with Crippen LogP contribution in [0.4, 0.5) is 0 Å². The molecule has 0 unspecified atom stereocenters. The van der Waals surface area contributed by atoms with Gasteiger partial charge in [-0.1, -0.05) is 48.5 Å². The van der Waals surface area contributed by atoms with E-state index in [9.17, 15) is 0 Å². The molecule has 0 spiro atoms. The number of aromatic nitrogens is 3. The van der Waals surface area contributed by atoms with Gasteiger partial charge in [-0.3, -0.25) is 0 Å². The summed E-state index contributed by atoms with van der Waals surface area (Å²) >= 11 is 1.80. The SMILES string of the molecule is CCCn1c(SCc2cccc(C)c2)nnc1C1CC1. The minimum Gasteiger partial charge on any atom is -0.306 e. The Bertz CT molecular complexity index is 587. The first-order valence-corrected chi connectivity index (χ1v) is 8.38. The van der Waals surface area contributed by atoms with Gasteiger partial charge in [0, 0.05) is 18.2 Å². The van der Waals surface area contributed by atoms with Crippen LogP contribution >= 0.6 is 11.8 Å². The number of hydrogen-bond acceptors (Lipinski definition) is 3. The van der Waals surface area contributed by atoms with E-state index in [-0.39, 0.29) is 0 Å². The third-order valence-corrected chi connectivity index (χ3v) is 4.62. The van der Waals surface area contributed by atoms with Crippen LogP contribution in [-0.4, -0.2) is 14.8 Å². The maximum absolute atomic E-state index is 4.42. The Morgan fingerprint density at radius 1 is 1.30 bits per heavy atom. The van der Waals surface area contributed by atoms with Crippen molar-refractivity contribution in [2.45, 2.75) is 56.5 Å². The second-order valence-electron chi connectivity index (χ2n) is 5.54. The first-order valence-electron chi connectivity index (χ1n) is 7.39. The van der Waals surface area contributed by atoms with Crippen molar-refractivity contribution in [3.63, 3.8) is 0 Å². The van der Waals surface area contributed by atoms with Crippen molar-refractivity contribution in [1.82, 2.24) is 14.8 Å². The smallest absolute Gasteiger partial charge is 0.191 e. The van der Waals surface area contributed by atoms with Gasteiger partial charge in [0.2, 0.25) is 0 Å². The van der Waals surface area contributed by atoms with E-state index in [0.717, 1.165) is 23.9 Å². The highest BCUT2D eigenvalue weighted by Gasteiger charge is 2.30. The Morgan fingerprint density at radius 2 is 2.15 bits per heavy atom. The number of hydrogen-bond donors (Lipinski definition) is 0. The van der Waals surface area contributed by atoms with Crippen molar-refractivity contribution in [2.24, 2.45) is 0 Å². The van der Waals surface area contributed by atoms with E-state index < -0.39 is 0 Å². The Morgan fingerprint density at radius 3 is 2.85 bits per heavy atom. The number of benzene rings is 1. The number of aryl methyl sites for hydroxylation is 1. The number of rotatable bonds is 6. The van der Waals surface area contributed by atoms with Gasteiger partial charge in [-0.2, -0.15) is 0 Å². The van der Waals surface area contributed by atoms with Crippen molar-refractivity contribution in [2.75, 3.05) is 0 Å². The Hall–Kier alpha value is -1.29. The van der Waals surface area contributed by atoms with E-state index in [1.807, 2.05) is 0 Å². The highest BCUT2D eigenvalue weighted by molar-refractivity contribution is 7.98. The highest BCUT2D eigenvalue weighted by atomic mass is 32.2. The van der Waals surface area contributed by atoms with Crippen molar-refractivity contribution in [3.8, 4) is 0 Å². The van der Waals surface area contributed by atoms with Gasteiger partial charge in [0.25, 0.3) is 0 Å². The molecule has 0 atom stereocenters.